The Labute approximate surface area is 175 Å². The number of hydrogen-bond acceptors (Lipinski definition) is 8. The molecule has 0 amide bonds. The second-order valence-electron chi connectivity index (χ2n) is 5.71. The molecule has 2 aromatic carbocycles. The molecule has 0 aliphatic rings. The minimum absolute atomic E-state index is 0.00457. The molecular formula is C16H13LiO10S2. The van der Waals surface area contributed by atoms with Gasteiger partial charge in [0.2, 0.25) is 0 Å². The van der Waals surface area contributed by atoms with Gasteiger partial charge in [0.1, 0.15) is 0 Å². The maximum absolute atomic E-state index is 12.5. The van der Waals surface area contributed by atoms with Gasteiger partial charge in [-0.25, -0.2) is 0 Å². The number of hydrogen-bond donors (Lipinski definition) is 2. The van der Waals surface area contributed by atoms with E-state index in [1.165, 1.54) is 24.3 Å². The first-order valence-electron chi connectivity index (χ1n) is 7.73. The van der Waals surface area contributed by atoms with Gasteiger partial charge < -0.3 is 0 Å². The summed E-state index contributed by atoms with van der Waals surface area (Å²) in [6, 6.07) is 7.15. The molecule has 29 heavy (non-hydrogen) atoms. The third kappa shape index (κ3) is 4.37. The monoisotopic (exact) mass is 436 g/mol. The molecule has 0 atom stereocenters. The van der Waals surface area contributed by atoms with E-state index in [9.17, 15) is 35.5 Å². The quantitative estimate of drug-likeness (QED) is 0.377. The van der Waals surface area contributed by atoms with E-state index in [1.54, 1.807) is 6.07 Å². The van der Waals surface area contributed by atoms with Crippen molar-refractivity contribution in [2.75, 3.05) is 14.2 Å². The van der Waals surface area contributed by atoms with Crippen molar-refractivity contribution in [3.8, 4) is 11.1 Å². The summed E-state index contributed by atoms with van der Waals surface area (Å²) in [5, 5.41) is 0. The third-order valence-corrected chi connectivity index (χ3v) is 6.00. The predicted molar refractivity (Wildman–Crippen MR) is 99.6 cm³/mol. The van der Waals surface area contributed by atoms with Crippen LogP contribution in [0, 0.1) is 0 Å². The van der Waals surface area contributed by atoms with Crippen LogP contribution in [0.4, 0.5) is 0 Å². The van der Waals surface area contributed by atoms with Gasteiger partial charge in [0.15, 0.2) is 0 Å². The fraction of sp³-hybridized carbons (Fsp3) is 0.125. The standard InChI is InChI=1S/C16H13O10S2.Li/c1-25-15(17)10-8-11(16(18)26-2)13(27(19,20)21)14(28(22,23)24)12(10)9-6-4-3-5-7-9;/h3-7H,1-2H3,(H,19,20,21)(H,22,23,24);. The molecule has 0 bridgehead atoms. The van der Waals surface area contributed by atoms with Crippen molar-refractivity contribution >= 4 is 54.1 Å². The molecule has 0 unspecified atom stereocenters. The molecule has 0 saturated heterocycles. The van der Waals surface area contributed by atoms with Crippen LogP contribution in [0.2, 0.25) is 0 Å². The van der Waals surface area contributed by atoms with E-state index in [-0.39, 0.29) is 9.80 Å². The van der Waals surface area contributed by atoms with Crippen LogP contribution >= 0.6 is 0 Å². The first-order valence-corrected chi connectivity index (χ1v) is 10.6. The Hall–Kier alpha value is -2.20. The Bertz CT molecular complexity index is 1200. The van der Waals surface area contributed by atoms with E-state index < -0.39 is 58.7 Å². The average Bonchev–Trinajstić information content (AvgIpc) is 2.64. The Kier molecular flexibility index (Phi) is 6.58. The fourth-order valence-electron chi connectivity index (χ4n) is 2.90. The number of carbonyl (C=O) groups excluding carboxylic acids is 2. The summed E-state index contributed by atoms with van der Waals surface area (Å²) in [4.78, 5) is 22.0. The molecule has 10 nitrogen and oxygen atoms in total. The topological polar surface area (TPSA) is 161 Å². The molecular weight excluding hydrogens is 423 g/mol. The van der Waals surface area contributed by atoms with E-state index >= 15 is 0 Å². The van der Waals surface area contributed by atoms with E-state index in [2.05, 4.69) is 9.47 Å². The Balaban J connectivity index is 3.38. The number of rotatable bonds is 5. The molecule has 0 aromatic heterocycles. The van der Waals surface area contributed by atoms with Crippen LogP contribution in [0.15, 0.2) is 40.1 Å². The van der Waals surface area contributed by atoms with E-state index in [1.807, 2.05) is 0 Å². The van der Waals surface area contributed by atoms with Crippen molar-refractivity contribution in [3.05, 3.63) is 41.5 Å². The van der Waals surface area contributed by atoms with Crippen LogP contribution in [0.3, 0.4) is 0 Å². The van der Waals surface area contributed by atoms with Crippen LogP contribution in [0.25, 0.3) is 11.1 Å². The van der Waals surface area contributed by atoms with Crippen molar-refractivity contribution in [2.24, 2.45) is 0 Å². The normalized spacial score (nSPS) is 11.8. The molecule has 2 rings (SSSR count). The summed E-state index contributed by atoms with van der Waals surface area (Å²) < 4.78 is 76.9. The second kappa shape index (κ2) is 8.27. The number of carbonyl (C=O) groups is 2. The Morgan fingerprint density at radius 3 is 1.69 bits per heavy atom. The zero-order valence-corrected chi connectivity index (χ0v) is 17.0. The summed E-state index contributed by atoms with van der Waals surface area (Å²) in [5.74, 6) is -2.47. The first kappa shape index (κ1) is 23.1. The second-order valence-corrected chi connectivity index (χ2v) is 8.42. The van der Waals surface area contributed by atoms with Gasteiger partial charge >= 0.3 is 176 Å². The summed E-state index contributed by atoms with van der Waals surface area (Å²) >= 11 is 1.15. The van der Waals surface area contributed by atoms with Gasteiger partial charge in [-0.3, -0.25) is 0 Å². The van der Waals surface area contributed by atoms with Crippen LogP contribution in [0.1, 0.15) is 20.7 Å². The number of ether oxygens (including phenoxy) is 2. The zero-order valence-electron chi connectivity index (χ0n) is 15.4. The molecule has 0 saturated carbocycles. The number of methoxy groups -OCH3 is 2. The SMILES string of the molecule is [Li][c]1c(C(=O)OC)c(-c2ccccc2)c(S(=O)(=O)O)c(S(=O)(=O)O)c1C(=O)OC. The van der Waals surface area contributed by atoms with Crippen molar-refractivity contribution in [1.82, 2.24) is 0 Å². The van der Waals surface area contributed by atoms with Crippen molar-refractivity contribution in [1.29, 1.82) is 0 Å². The van der Waals surface area contributed by atoms with E-state index in [0.29, 0.717) is 0 Å². The summed E-state index contributed by atoms with van der Waals surface area (Å²) in [6.07, 6.45) is 0. The van der Waals surface area contributed by atoms with Crippen LogP contribution < -0.4 is 4.24 Å². The molecule has 0 spiro atoms. The van der Waals surface area contributed by atoms with E-state index in [4.69, 9.17) is 0 Å². The van der Waals surface area contributed by atoms with Crippen molar-refractivity contribution in [2.45, 2.75) is 9.79 Å². The summed E-state index contributed by atoms with van der Waals surface area (Å²) in [6.45, 7) is 0. The molecule has 13 heteroatoms. The van der Waals surface area contributed by atoms with Crippen LogP contribution in [-0.2, 0) is 29.7 Å². The summed E-state index contributed by atoms with van der Waals surface area (Å²) in [7, 11) is -8.93. The molecule has 150 valence electrons. The van der Waals surface area contributed by atoms with E-state index in [0.717, 1.165) is 31.9 Å². The van der Waals surface area contributed by atoms with Gasteiger partial charge in [-0.2, -0.15) is 0 Å². The predicted octanol–water partition coefficient (Wildman–Crippen LogP) is 0.214. The number of esters is 2. The molecule has 0 radical (unpaired) electrons. The molecule has 2 N–H and O–H groups in total. The first-order chi connectivity index (χ1) is 13.4. The van der Waals surface area contributed by atoms with Gasteiger partial charge in [0, 0.05) is 0 Å². The van der Waals surface area contributed by atoms with Crippen LogP contribution in [-0.4, -0.2) is 69.8 Å². The van der Waals surface area contributed by atoms with Gasteiger partial charge in [0.05, 0.1) is 0 Å². The zero-order chi connectivity index (χ0) is 22.1. The molecule has 0 aliphatic heterocycles. The Morgan fingerprint density at radius 1 is 0.828 bits per heavy atom. The van der Waals surface area contributed by atoms with Gasteiger partial charge in [-0.05, 0) is 0 Å². The maximum atomic E-state index is 12.5. The van der Waals surface area contributed by atoms with Crippen molar-refractivity contribution in [3.63, 3.8) is 0 Å². The van der Waals surface area contributed by atoms with Crippen molar-refractivity contribution < 1.29 is 45.0 Å². The fourth-order valence-corrected chi connectivity index (χ4v) is 5.18. The van der Waals surface area contributed by atoms with Crippen LogP contribution in [0.5, 0.6) is 0 Å². The Morgan fingerprint density at radius 2 is 1.28 bits per heavy atom. The van der Waals surface area contributed by atoms with Gasteiger partial charge in [0.25, 0.3) is 0 Å². The van der Waals surface area contributed by atoms with Gasteiger partial charge in [-0.15, -0.1) is 0 Å². The molecule has 0 heterocycles. The summed E-state index contributed by atoms with van der Waals surface area (Å²) in [5.41, 5.74) is -1.98. The molecule has 2 aromatic rings. The molecule has 0 fully saturated rings. The van der Waals surface area contributed by atoms with Gasteiger partial charge in [-0.1, -0.05) is 0 Å². The average molecular weight is 436 g/mol. The number of benzene rings is 2. The minimum atomic E-state index is -5.40. The third-order valence-electron chi connectivity index (χ3n) is 4.02. The molecule has 0 aliphatic carbocycles.